The van der Waals surface area contributed by atoms with E-state index >= 15 is 0 Å². The largest absolute Gasteiger partial charge is 0.573 e. The van der Waals surface area contributed by atoms with Crippen molar-refractivity contribution in [3.05, 3.63) is 30.2 Å². The molecule has 2 N–H and O–H groups in total. The van der Waals surface area contributed by atoms with Crippen LogP contribution in [0, 0.1) is 0 Å². The maximum Gasteiger partial charge on any atom is 0.573 e. The van der Waals surface area contributed by atoms with Crippen LogP contribution in [0.2, 0.25) is 0 Å². The molecule has 2 aliphatic rings. The third-order valence-corrected chi connectivity index (χ3v) is 5.90. The highest BCUT2D eigenvalue weighted by Crippen LogP contribution is 2.31. The molecule has 11 heteroatoms. The minimum absolute atomic E-state index is 0.0530. The summed E-state index contributed by atoms with van der Waals surface area (Å²) in [5.74, 6) is 0.356. The zero-order valence-electron chi connectivity index (χ0n) is 17.7. The molecule has 8 nitrogen and oxygen atoms in total. The van der Waals surface area contributed by atoms with Gasteiger partial charge in [0.05, 0.1) is 6.04 Å². The molecule has 2 aromatic rings. The fourth-order valence-corrected chi connectivity index (χ4v) is 4.35. The first kappa shape index (κ1) is 22.4. The molecule has 2 heterocycles. The molecule has 0 bridgehead atoms. The molecule has 2 amide bonds. The van der Waals surface area contributed by atoms with Crippen LogP contribution < -0.4 is 15.4 Å². The third-order valence-electron chi connectivity index (χ3n) is 5.90. The van der Waals surface area contributed by atoms with Gasteiger partial charge in [-0.3, -0.25) is 4.90 Å². The highest BCUT2D eigenvalue weighted by Gasteiger charge is 2.35. The number of rotatable bonds is 5. The molecule has 1 aliphatic carbocycles. The number of aromatic nitrogens is 2. The molecule has 1 aromatic carbocycles. The lowest BCUT2D eigenvalue weighted by atomic mass is 9.96. The predicted molar refractivity (Wildman–Crippen MR) is 109 cm³/mol. The van der Waals surface area contributed by atoms with Crippen LogP contribution in [0.15, 0.2) is 28.8 Å². The van der Waals surface area contributed by atoms with E-state index < -0.39 is 6.36 Å². The van der Waals surface area contributed by atoms with Crippen molar-refractivity contribution in [2.24, 2.45) is 0 Å². The van der Waals surface area contributed by atoms with Crippen LogP contribution in [-0.4, -0.2) is 53.1 Å². The van der Waals surface area contributed by atoms with E-state index in [9.17, 15) is 18.0 Å². The van der Waals surface area contributed by atoms with Crippen molar-refractivity contribution in [3.8, 4) is 17.1 Å². The van der Waals surface area contributed by atoms with E-state index in [0.717, 1.165) is 25.7 Å². The Hall–Kier alpha value is -2.82. The number of benzene rings is 1. The third kappa shape index (κ3) is 5.70. The number of likely N-dealkylation sites (N-methyl/N-ethyl adjacent to an activating group) is 1. The molecular formula is C21H26F3N5O3. The molecule has 1 aromatic heterocycles. The average molecular weight is 453 g/mol. The van der Waals surface area contributed by atoms with Crippen molar-refractivity contribution in [3.63, 3.8) is 0 Å². The number of ether oxygens (including phenoxy) is 1. The quantitative estimate of drug-likeness (QED) is 0.711. The lowest BCUT2D eigenvalue weighted by molar-refractivity contribution is -0.274. The highest BCUT2D eigenvalue weighted by molar-refractivity contribution is 5.74. The molecule has 1 saturated carbocycles. The Balaban J connectivity index is 1.34. The summed E-state index contributed by atoms with van der Waals surface area (Å²) in [6.45, 7) is 0.643. The number of alkyl halides is 3. The topological polar surface area (TPSA) is 92.5 Å². The fraction of sp³-hybridized carbons (Fsp3) is 0.571. The molecular weight excluding hydrogens is 427 g/mol. The number of hydrogen-bond donors (Lipinski definition) is 2. The van der Waals surface area contributed by atoms with Gasteiger partial charge in [0.1, 0.15) is 5.75 Å². The van der Waals surface area contributed by atoms with Gasteiger partial charge in [-0.05, 0) is 50.6 Å². The van der Waals surface area contributed by atoms with Crippen LogP contribution >= 0.6 is 0 Å². The van der Waals surface area contributed by atoms with E-state index in [1.54, 1.807) is 0 Å². The Morgan fingerprint density at radius 2 is 1.81 bits per heavy atom. The van der Waals surface area contributed by atoms with Gasteiger partial charge < -0.3 is 19.9 Å². The highest BCUT2D eigenvalue weighted by atomic mass is 19.4. The number of halogens is 3. The summed E-state index contributed by atoms with van der Waals surface area (Å²) in [4.78, 5) is 18.8. The summed E-state index contributed by atoms with van der Waals surface area (Å²) < 4.78 is 46.2. The SMILES string of the molecule is CN1CC(NC(=O)NC2CCCCC2)CC1c1nc(-c2ccc(OC(F)(F)F)cc2)no1. The Bertz CT molecular complexity index is 912. The first-order valence-corrected chi connectivity index (χ1v) is 10.7. The molecule has 2 atom stereocenters. The van der Waals surface area contributed by atoms with E-state index in [0.29, 0.717) is 24.4 Å². The van der Waals surface area contributed by atoms with Gasteiger partial charge >= 0.3 is 12.4 Å². The number of urea groups is 1. The normalized spacial score (nSPS) is 22.6. The minimum atomic E-state index is -4.74. The second-order valence-corrected chi connectivity index (χ2v) is 8.37. The molecule has 2 fully saturated rings. The van der Waals surface area contributed by atoms with E-state index in [2.05, 4.69) is 25.5 Å². The van der Waals surface area contributed by atoms with Gasteiger partial charge in [-0.1, -0.05) is 24.4 Å². The standard InChI is InChI=1S/C21H26F3N5O3/c1-29-12-15(26-20(30)25-14-5-3-2-4-6-14)11-17(29)19-27-18(28-32-19)13-7-9-16(10-8-13)31-21(22,23)24/h7-10,14-15,17H,2-6,11-12H2,1H3,(H2,25,26,30). The number of likely N-dealkylation sites (tertiary alicyclic amines) is 1. The second kappa shape index (κ2) is 9.35. The Morgan fingerprint density at radius 1 is 1.12 bits per heavy atom. The smallest absolute Gasteiger partial charge is 0.406 e. The summed E-state index contributed by atoms with van der Waals surface area (Å²) in [6, 6.07) is 5.15. The van der Waals surface area contributed by atoms with Crippen molar-refractivity contribution in [1.29, 1.82) is 0 Å². The van der Waals surface area contributed by atoms with Crippen molar-refractivity contribution in [1.82, 2.24) is 25.7 Å². The number of carbonyl (C=O) groups is 1. The van der Waals surface area contributed by atoms with Gasteiger partial charge in [-0.2, -0.15) is 4.98 Å². The van der Waals surface area contributed by atoms with Crippen LogP contribution in [0.3, 0.4) is 0 Å². The van der Waals surface area contributed by atoms with Crippen molar-refractivity contribution < 1.29 is 27.2 Å². The maximum absolute atomic E-state index is 12.3. The number of nitrogens with one attached hydrogen (secondary N) is 2. The summed E-state index contributed by atoms with van der Waals surface area (Å²) in [7, 11) is 1.92. The van der Waals surface area contributed by atoms with Crippen LogP contribution in [-0.2, 0) is 0 Å². The lowest BCUT2D eigenvalue weighted by Crippen LogP contribution is -2.47. The summed E-state index contributed by atoms with van der Waals surface area (Å²) in [5, 5.41) is 10.0. The fourth-order valence-electron chi connectivity index (χ4n) is 4.35. The number of nitrogens with zero attached hydrogens (tertiary/aromatic N) is 3. The van der Waals surface area contributed by atoms with Gasteiger partial charge in [0.15, 0.2) is 0 Å². The van der Waals surface area contributed by atoms with Gasteiger partial charge in [-0.25, -0.2) is 4.79 Å². The van der Waals surface area contributed by atoms with E-state index in [1.807, 2.05) is 11.9 Å². The molecule has 174 valence electrons. The molecule has 0 radical (unpaired) electrons. The summed E-state index contributed by atoms with van der Waals surface area (Å²) in [6.07, 6.45) is 1.45. The number of carbonyl (C=O) groups excluding carboxylic acids is 1. The minimum Gasteiger partial charge on any atom is -0.406 e. The maximum atomic E-state index is 12.3. The van der Waals surface area contributed by atoms with Gasteiger partial charge in [0.25, 0.3) is 0 Å². The summed E-state index contributed by atoms with van der Waals surface area (Å²) in [5.41, 5.74) is 0.511. The summed E-state index contributed by atoms with van der Waals surface area (Å²) >= 11 is 0. The van der Waals surface area contributed by atoms with E-state index in [1.165, 1.54) is 30.7 Å². The van der Waals surface area contributed by atoms with Crippen LogP contribution in [0.25, 0.3) is 11.4 Å². The Kier molecular flexibility index (Phi) is 6.54. The van der Waals surface area contributed by atoms with Crippen LogP contribution in [0.4, 0.5) is 18.0 Å². The average Bonchev–Trinajstić information content (AvgIpc) is 3.34. The molecule has 32 heavy (non-hydrogen) atoms. The van der Waals surface area contributed by atoms with E-state index in [4.69, 9.17) is 4.52 Å². The number of amides is 2. The van der Waals surface area contributed by atoms with Gasteiger partial charge in [0.2, 0.25) is 11.7 Å². The van der Waals surface area contributed by atoms with Crippen LogP contribution in [0.5, 0.6) is 5.75 Å². The Morgan fingerprint density at radius 3 is 2.50 bits per heavy atom. The second-order valence-electron chi connectivity index (χ2n) is 8.37. The zero-order valence-corrected chi connectivity index (χ0v) is 17.7. The number of hydrogen-bond acceptors (Lipinski definition) is 6. The molecule has 2 unspecified atom stereocenters. The first-order chi connectivity index (χ1) is 15.3. The first-order valence-electron chi connectivity index (χ1n) is 10.7. The Labute approximate surface area is 183 Å². The molecule has 1 saturated heterocycles. The zero-order chi connectivity index (χ0) is 22.7. The predicted octanol–water partition coefficient (Wildman–Crippen LogP) is 4.01. The van der Waals surface area contributed by atoms with Crippen molar-refractivity contribution in [2.75, 3.05) is 13.6 Å². The van der Waals surface area contributed by atoms with Crippen molar-refractivity contribution in [2.45, 2.75) is 63.0 Å². The lowest BCUT2D eigenvalue weighted by Gasteiger charge is -2.24. The van der Waals surface area contributed by atoms with Gasteiger partial charge in [0, 0.05) is 24.2 Å². The molecule has 1 aliphatic heterocycles. The molecule has 4 rings (SSSR count). The van der Waals surface area contributed by atoms with Crippen LogP contribution in [0.1, 0.15) is 50.5 Å². The van der Waals surface area contributed by atoms with E-state index in [-0.39, 0.29) is 35.7 Å². The monoisotopic (exact) mass is 453 g/mol. The van der Waals surface area contributed by atoms with Gasteiger partial charge in [-0.15, -0.1) is 13.2 Å². The molecule has 0 spiro atoms. The van der Waals surface area contributed by atoms with Crippen molar-refractivity contribution >= 4 is 6.03 Å².